The zero-order chi connectivity index (χ0) is 17.6. The molecule has 2 bridgehead atoms. The molecule has 0 aromatic heterocycles. The molecule has 0 N–H and O–H groups in total. The molecule has 0 saturated heterocycles. The zero-order valence-electron chi connectivity index (χ0n) is 13.7. The van der Waals surface area contributed by atoms with Gasteiger partial charge in [0.15, 0.2) is 6.73 Å². The van der Waals surface area contributed by atoms with Crippen LogP contribution >= 0.6 is 0 Å². The summed E-state index contributed by atoms with van der Waals surface area (Å²) in [5.41, 5.74) is 1.22. The first-order chi connectivity index (χ1) is 12.0. The van der Waals surface area contributed by atoms with E-state index in [0.717, 1.165) is 35.6 Å². The second-order valence-corrected chi connectivity index (χ2v) is 8.62. The summed E-state index contributed by atoms with van der Waals surface area (Å²) in [5.74, 6) is -1.08. The van der Waals surface area contributed by atoms with Crippen LogP contribution in [0.3, 0.4) is 0 Å². The number of carbonyl (C=O) groups excluding carboxylic acids is 2. The molecule has 0 atom stereocenters. The molecule has 0 unspecified atom stereocenters. The summed E-state index contributed by atoms with van der Waals surface area (Å²) in [4.78, 5) is 24.9. The van der Waals surface area contributed by atoms with E-state index in [0.29, 0.717) is 10.5 Å². The van der Waals surface area contributed by atoms with E-state index in [-0.39, 0.29) is 18.3 Å². The van der Waals surface area contributed by atoms with Crippen LogP contribution in [0.25, 0.3) is 0 Å². The Bertz CT molecular complexity index is 851. The highest BCUT2D eigenvalue weighted by atomic mass is 32.2. The van der Waals surface area contributed by atoms with Crippen LogP contribution in [0.4, 0.5) is 0 Å². The van der Waals surface area contributed by atoms with Gasteiger partial charge in [0, 0.05) is 5.57 Å². The zero-order valence-corrected chi connectivity index (χ0v) is 14.5. The fraction of sp³-hybridized carbons (Fsp3) is 0.444. The van der Waals surface area contributed by atoms with Crippen LogP contribution in [0.5, 0.6) is 0 Å². The van der Waals surface area contributed by atoms with Gasteiger partial charge >= 0.3 is 5.97 Å². The molecule has 25 heavy (non-hydrogen) atoms. The molecule has 1 fully saturated rings. The summed E-state index contributed by atoms with van der Waals surface area (Å²) in [6.07, 6.45) is 3.41. The van der Waals surface area contributed by atoms with E-state index in [9.17, 15) is 18.0 Å². The number of rotatable bonds is 4. The van der Waals surface area contributed by atoms with E-state index in [1.54, 1.807) is 12.1 Å². The first-order valence-corrected chi connectivity index (χ1v) is 9.93. The molecule has 4 aliphatic rings. The van der Waals surface area contributed by atoms with Crippen molar-refractivity contribution in [2.75, 3.05) is 6.73 Å². The van der Waals surface area contributed by atoms with Crippen LogP contribution in [0, 0.1) is 11.8 Å². The number of esters is 1. The maximum atomic E-state index is 12.8. The Morgan fingerprint density at radius 1 is 1.08 bits per heavy atom. The second kappa shape index (κ2) is 5.98. The number of nitrogens with zero attached hydrogens (tertiary/aromatic N) is 1. The number of fused-ring (bicyclic) bond motifs is 2. The molecule has 1 amide bonds. The lowest BCUT2D eigenvalue weighted by Crippen LogP contribution is -2.35. The third-order valence-electron chi connectivity index (χ3n) is 5.33. The lowest BCUT2D eigenvalue weighted by molar-refractivity contribution is -0.147. The molecule has 132 valence electrons. The number of allylic oxidation sites excluding steroid dienone is 1. The minimum atomic E-state index is -3.85. The number of hydrogen-bond donors (Lipinski definition) is 0. The summed E-state index contributed by atoms with van der Waals surface area (Å²) in [6.45, 7) is -0.542. The number of benzene rings is 1. The summed E-state index contributed by atoms with van der Waals surface area (Å²) in [5, 5.41) is 0. The molecule has 1 aliphatic heterocycles. The fourth-order valence-electron chi connectivity index (χ4n) is 4.13. The van der Waals surface area contributed by atoms with E-state index in [2.05, 4.69) is 0 Å². The number of sulfonamides is 1. The maximum Gasteiger partial charge on any atom is 0.312 e. The molecule has 7 heteroatoms. The molecule has 5 rings (SSSR count). The Balaban J connectivity index is 1.47. The van der Waals surface area contributed by atoms with Crippen molar-refractivity contribution < 1.29 is 22.7 Å². The molecule has 3 aliphatic carbocycles. The van der Waals surface area contributed by atoms with Gasteiger partial charge in [-0.3, -0.25) is 9.59 Å². The van der Waals surface area contributed by atoms with Gasteiger partial charge in [0.05, 0.1) is 11.3 Å². The van der Waals surface area contributed by atoms with Gasteiger partial charge in [0.2, 0.25) is 0 Å². The topological polar surface area (TPSA) is 80.8 Å². The van der Waals surface area contributed by atoms with Gasteiger partial charge < -0.3 is 4.74 Å². The highest BCUT2D eigenvalue weighted by Crippen LogP contribution is 2.51. The second-order valence-electron chi connectivity index (χ2n) is 6.79. The first kappa shape index (κ1) is 16.3. The number of carbonyl (C=O) groups is 2. The molecule has 1 aromatic rings. The van der Waals surface area contributed by atoms with Crippen molar-refractivity contribution >= 4 is 21.9 Å². The van der Waals surface area contributed by atoms with Crippen molar-refractivity contribution in [3.63, 3.8) is 0 Å². The molecule has 1 heterocycles. The molecule has 1 saturated carbocycles. The minimum Gasteiger partial charge on any atom is -0.443 e. The van der Waals surface area contributed by atoms with Gasteiger partial charge in [-0.1, -0.05) is 30.3 Å². The molecular weight excluding hydrogens is 342 g/mol. The predicted octanol–water partition coefficient (Wildman–Crippen LogP) is 1.98. The Kier molecular flexibility index (Phi) is 3.91. The lowest BCUT2D eigenvalue weighted by atomic mass is 9.71. The normalized spacial score (nSPS) is 26.7. The minimum absolute atomic E-state index is 0.0345. The summed E-state index contributed by atoms with van der Waals surface area (Å²) < 4.78 is 31.3. The SMILES string of the molecule is O=C(Cc1ccccc1)OCN1C(=O)C2=C(C3CCC2CC3)S1(=O)=O. The van der Waals surface area contributed by atoms with E-state index >= 15 is 0 Å². The van der Waals surface area contributed by atoms with Crippen molar-refractivity contribution in [1.82, 2.24) is 4.31 Å². The Labute approximate surface area is 146 Å². The van der Waals surface area contributed by atoms with E-state index in [4.69, 9.17) is 4.74 Å². The summed E-state index contributed by atoms with van der Waals surface area (Å²) in [7, 11) is -3.85. The molecule has 0 spiro atoms. The monoisotopic (exact) mass is 361 g/mol. The predicted molar refractivity (Wildman–Crippen MR) is 89.3 cm³/mol. The van der Waals surface area contributed by atoms with Gasteiger partial charge in [-0.05, 0) is 43.1 Å². The standard InChI is InChI=1S/C18H19NO5S/c20-15(10-12-4-2-1-3-5-12)24-11-19-18(21)16-13-6-8-14(9-7-13)17(16)25(19,22)23/h1-5,13-14H,6-11H2. The van der Waals surface area contributed by atoms with Crippen LogP contribution in [0.15, 0.2) is 40.8 Å². The number of ether oxygens (including phenoxy) is 1. The highest BCUT2D eigenvalue weighted by Gasteiger charge is 2.53. The Morgan fingerprint density at radius 2 is 1.72 bits per heavy atom. The molecule has 6 nitrogen and oxygen atoms in total. The largest absolute Gasteiger partial charge is 0.443 e. The van der Waals surface area contributed by atoms with Crippen molar-refractivity contribution in [2.24, 2.45) is 11.8 Å². The third kappa shape index (κ3) is 2.66. The molecule has 1 aromatic carbocycles. The lowest BCUT2D eigenvalue weighted by Gasteiger charge is -2.34. The van der Waals surface area contributed by atoms with Gasteiger partial charge in [0.25, 0.3) is 15.9 Å². The number of hydrogen-bond acceptors (Lipinski definition) is 5. The Hall–Kier alpha value is -2.15. The Morgan fingerprint density at radius 3 is 2.36 bits per heavy atom. The van der Waals surface area contributed by atoms with Crippen LogP contribution in [0.2, 0.25) is 0 Å². The van der Waals surface area contributed by atoms with Gasteiger partial charge in [-0.2, -0.15) is 4.31 Å². The smallest absolute Gasteiger partial charge is 0.312 e. The van der Waals surface area contributed by atoms with Crippen LogP contribution in [0.1, 0.15) is 31.2 Å². The molecule has 0 radical (unpaired) electrons. The van der Waals surface area contributed by atoms with E-state index in [1.165, 1.54) is 0 Å². The van der Waals surface area contributed by atoms with Crippen LogP contribution < -0.4 is 0 Å². The van der Waals surface area contributed by atoms with E-state index < -0.39 is 28.6 Å². The average Bonchev–Trinajstić information content (AvgIpc) is 2.83. The van der Waals surface area contributed by atoms with Crippen molar-refractivity contribution in [3.05, 3.63) is 46.4 Å². The van der Waals surface area contributed by atoms with Gasteiger partial charge in [-0.25, -0.2) is 8.42 Å². The average molecular weight is 361 g/mol. The third-order valence-corrected chi connectivity index (χ3v) is 7.29. The fourth-order valence-corrected chi connectivity index (χ4v) is 6.06. The van der Waals surface area contributed by atoms with Crippen molar-refractivity contribution in [2.45, 2.75) is 32.1 Å². The number of amides is 1. The first-order valence-electron chi connectivity index (χ1n) is 8.49. The highest BCUT2D eigenvalue weighted by molar-refractivity contribution is 7.94. The van der Waals surface area contributed by atoms with Crippen molar-refractivity contribution in [1.29, 1.82) is 0 Å². The summed E-state index contributed by atoms with van der Waals surface area (Å²) >= 11 is 0. The maximum absolute atomic E-state index is 12.8. The van der Waals surface area contributed by atoms with Crippen LogP contribution in [-0.2, 0) is 30.8 Å². The summed E-state index contributed by atoms with van der Waals surface area (Å²) in [6, 6.07) is 9.04. The van der Waals surface area contributed by atoms with Gasteiger partial charge in [0.1, 0.15) is 0 Å². The van der Waals surface area contributed by atoms with Gasteiger partial charge in [-0.15, -0.1) is 0 Å². The van der Waals surface area contributed by atoms with Crippen molar-refractivity contribution in [3.8, 4) is 0 Å². The quantitative estimate of drug-likeness (QED) is 0.766. The molecular formula is C18H19NO5S. The van der Waals surface area contributed by atoms with Crippen LogP contribution in [-0.4, -0.2) is 31.3 Å². The van der Waals surface area contributed by atoms with E-state index in [1.807, 2.05) is 18.2 Å².